The molecule has 3 atom stereocenters. The van der Waals surface area contributed by atoms with Crippen molar-refractivity contribution in [3.63, 3.8) is 0 Å². The Kier molecular flexibility index (Phi) is 17.9. The number of ether oxygens (including phenoxy) is 2. The molecule has 1 saturated carbocycles. The number of imidazole rings is 1. The van der Waals surface area contributed by atoms with E-state index in [1.54, 1.807) is 44.7 Å². The highest BCUT2D eigenvalue weighted by atomic mass is 32.1. The Morgan fingerprint density at radius 2 is 1.58 bits per heavy atom. The third kappa shape index (κ3) is 11.0. The van der Waals surface area contributed by atoms with E-state index in [0.29, 0.717) is 37.5 Å². The monoisotopic (exact) mass is 835 g/mol. The van der Waals surface area contributed by atoms with Crippen molar-refractivity contribution in [1.29, 1.82) is 0 Å². The molecule has 318 valence electrons. The number of nitrogens with zero attached hydrogens (tertiary/aromatic N) is 3. The lowest BCUT2D eigenvalue weighted by molar-refractivity contribution is -0.135. The van der Waals surface area contributed by atoms with Crippen LogP contribution in [0.4, 0.5) is 0 Å². The molecule has 1 saturated heterocycles. The van der Waals surface area contributed by atoms with Crippen molar-refractivity contribution in [3.8, 4) is 24.0 Å². The molecule has 4 amide bonds. The van der Waals surface area contributed by atoms with E-state index in [2.05, 4.69) is 98.4 Å². The fraction of sp³-hybridized carbons (Fsp3) is 0.370. The minimum absolute atomic E-state index is 0.00260. The van der Waals surface area contributed by atoms with Gasteiger partial charge in [0.1, 0.15) is 5.82 Å². The number of nitrogens with one attached hydrogen (secondary N) is 4. The lowest BCUT2D eigenvalue weighted by atomic mass is 9.98. The fourth-order valence-corrected chi connectivity index (χ4v) is 9.15. The van der Waals surface area contributed by atoms with Crippen molar-refractivity contribution < 1.29 is 28.7 Å². The van der Waals surface area contributed by atoms with Crippen LogP contribution in [0.2, 0.25) is 0 Å². The SMILES string of the molecule is C#C.C=C(CN(CCC)C(=O)CNC=O)N/C(=C\C)c1ccc2c(c1)sc1cc(-c3ccc4nc([C@@H]5[C@H]6CC[C@H](C6)N5C(=O)CNC=O)[nH]c4c3)ccc12.COC.COC. The Morgan fingerprint density at radius 3 is 2.25 bits per heavy atom. The Hall–Kier alpha value is -6.01. The molecule has 7 rings (SSSR count). The number of carbonyl (C=O) groups is 4. The van der Waals surface area contributed by atoms with Crippen molar-refractivity contribution in [2.45, 2.75) is 51.6 Å². The van der Waals surface area contributed by atoms with E-state index in [-0.39, 0.29) is 37.0 Å². The molecule has 3 aromatic carbocycles. The third-order valence-electron chi connectivity index (χ3n) is 10.3. The molecule has 1 aliphatic heterocycles. The summed E-state index contributed by atoms with van der Waals surface area (Å²) in [6.07, 6.45) is 14.9. The van der Waals surface area contributed by atoms with Crippen LogP contribution < -0.4 is 16.0 Å². The van der Waals surface area contributed by atoms with Crippen molar-refractivity contribution >= 4 is 72.9 Å². The lowest BCUT2D eigenvalue weighted by Crippen LogP contribution is -2.44. The van der Waals surface area contributed by atoms with Crippen LogP contribution in [0, 0.1) is 18.8 Å². The Morgan fingerprint density at radius 1 is 0.950 bits per heavy atom. The fourth-order valence-electron chi connectivity index (χ4n) is 7.97. The van der Waals surface area contributed by atoms with Gasteiger partial charge >= 0.3 is 0 Å². The summed E-state index contributed by atoms with van der Waals surface area (Å²) in [4.78, 5) is 59.3. The van der Waals surface area contributed by atoms with Gasteiger partial charge in [0.25, 0.3) is 0 Å². The van der Waals surface area contributed by atoms with Gasteiger partial charge in [-0.25, -0.2) is 4.98 Å². The van der Waals surface area contributed by atoms with Gasteiger partial charge in [0, 0.05) is 72.6 Å². The number of amides is 4. The van der Waals surface area contributed by atoms with E-state index in [4.69, 9.17) is 4.98 Å². The van der Waals surface area contributed by atoms with E-state index < -0.39 is 0 Å². The molecule has 14 heteroatoms. The summed E-state index contributed by atoms with van der Waals surface area (Å²) in [7, 11) is 6.50. The van der Waals surface area contributed by atoms with E-state index in [1.807, 2.05) is 30.9 Å². The van der Waals surface area contributed by atoms with Gasteiger partial charge in [-0.1, -0.05) is 49.9 Å². The number of fused-ring (bicyclic) bond motifs is 6. The molecule has 2 bridgehead atoms. The molecule has 0 unspecified atom stereocenters. The number of piperidine rings is 1. The second kappa shape index (κ2) is 23.0. The number of hydrogen-bond donors (Lipinski definition) is 4. The molecule has 3 heterocycles. The van der Waals surface area contributed by atoms with Crippen LogP contribution in [-0.4, -0.2) is 105 Å². The molecule has 0 radical (unpaired) electrons. The second-order valence-corrected chi connectivity index (χ2v) is 15.5. The first-order valence-corrected chi connectivity index (χ1v) is 20.6. The van der Waals surface area contributed by atoms with E-state index >= 15 is 0 Å². The Labute approximate surface area is 356 Å². The number of benzene rings is 3. The first kappa shape index (κ1) is 46.7. The molecule has 2 aromatic heterocycles. The van der Waals surface area contributed by atoms with Crippen LogP contribution in [0.5, 0.6) is 0 Å². The van der Waals surface area contributed by atoms with Gasteiger partial charge in [-0.15, -0.1) is 24.2 Å². The highest BCUT2D eigenvalue weighted by molar-refractivity contribution is 7.25. The van der Waals surface area contributed by atoms with Crippen LogP contribution >= 0.6 is 11.3 Å². The van der Waals surface area contributed by atoms with E-state index in [1.165, 1.54) is 20.2 Å². The Bertz CT molecular complexity index is 2310. The molecule has 1 aliphatic carbocycles. The average Bonchev–Trinajstić information content (AvgIpc) is 4.06. The number of methoxy groups -OCH3 is 2. The van der Waals surface area contributed by atoms with Crippen molar-refractivity contribution in [3.05, 3.63) is 84.3 Å². The molecule has 2 aliphatic rings. The molecular formula is C46H57N7O6S. The van der Waals surface area contributed by atoms with Gasteiger partial charge in [0.15, 0.2) is 0 Å². The highest BCUT2D eigenvalue weighted by Gasteiger charge is 2.49. The van der Waals surface area contributed by atoms with Crippen molar-refractivity contribution in [2.24, 2.45) is 5.92 Å². The van der Waals surface area contributed by atoms with Gasteiger partial charge in [-0.05, 0) is 79.5 Å². The van der Waals surface area contributed by atoms with E-state index in [0.717, 1.165) is 64.9 Å². The van der Waals surface area contributed by atoms with Gasteiger partial charge in [-0.3, -0.25) is 19.2 Å². The lowest BCUT2D eigenvalue weighted by Gasteiger charge is -2.34. The number of H-pyrrole nitrogens is 1. The van der Waals surface area contributed by atoms with Crippen LogP contribution in [0.15, 0.2) is 72.9 Å². The summed E-state index contributed by atoms with van der Waals surface area (Å²) < 4.78 is 10.9. The first-order chi connectivity index (χ1) is 29.1. The summed E-state index contributed by atoms with van der Waals surface area (Å²) in [5, 5.41) is 10.8. The number of allylic oxidation sites excluding steroid dienone is 1. The van der Waals surface area contributed by atoms with Crippen molar-refractivity contribution in [1.82, 2.24) is 35.7 Å². The molecule has 13 nitrogen and oxygen atoms in total. The average molecular weight is 836 g/mol. The number of rotatable bonds is 15. The second-order valence-electron chi connectivity index (χ2n) is 14.4. The highest BCUT2D eigenvalue weighted by Crippen LogP contribution is 2.50. The zero-order valence-electron chi connectivity index (χ0n) is 35.4. The minimum atomic E-state index is -0.152. The number of likely N-dealkylation sites (tertiary alicyclic amines) is 1. The molecule has 4 N–H and O–H groups in total. The predicted molar refractivity (Wildman–Crippen MR) is 242 cm³/mol. The van der Waals surface area contributed by atoms with Gasteiger partial charge < -0.3 is 40.2 Å². The summed E-state index contributed by atoms with van der Waals surface area (Å²) in [5.74, 6) is 0.960. The number of aromatic amines is 1. The van der Waals surface area contributed by atoms with Gasteiger partial charge in [0.05, 0.1) is 36.7 Å². The van der Waals surface area contributed by atoms with Crippen LogP contribution in [-0.2, 0) is 28.7 Å². The summed E-state index contributed by atoms with van der Waals surface area (Å²) in [6, 6.07) is 19.4. The van der Waals surface area contributed by atoms with Crippen LogP contribution in [0.1, 0.15) is 57.0 Å². The molecule has 0 spiro atoms. The quantitative estimate of drug-likeness (QED) is 0.0678. The standard InChI is InChI=1S/C40H43N7O4S.2C2H6O.C2H2/c1-4-14-46(37(50)19-41-22-48)21-24(3)43-32(5-2)27-8-12-31-30-11-7-26(17-35(30)52-36(31)18-27)25-9-13-33-34(16-25)45-40(44-33)39-28-6-10-29(15-28)47(39)38(51)20-42-23-49;2*1-3-2;1-2/h5,7-9,11-13,16-18,22-23,28-29,39,43H,3-4,6,10,14-15,19-21H2,1-2H3,(H,41,48)(H,42,49)(H,44,45);2*1-2H3;1-2H/b32-5-;;;/t28-,29+,39-;;;/m0.../s1. The number of terminal acetylenes is 1. The summed E-state index contributed by atoms with van der Waals surface area (Å²) in [6.45, 7) is 9.04. The summed E-state index contributed by atoms with van der Waals surface area (Å²) in [5.41, 5.74) is 6.61. The number of carbonyl (C=O) groups excluding carboxylic acids is 4. The third-order valence-corrected chi connectivity index (χ3v) is 11.4. The maximum atomic E-state index is 13.0. The topological polar surface area (TPSA) is 158 Å². The van der Waals surface area contributed by atoms with Gasteiger partial charge in [0.2, 0.25) is 24.6 Å². The number of thiophene rings is 1. The van der Waals surface area contributed by atoms with E-state index in [9.17, 15) is 19.2 Å². The molecule has 5 aromatic rings. The first-order valence-electron chi connectivity index (χ1n) is 19.8. The normalized spacial score (nSPS) is 16.4. The number of aromatic nitrogens is 2. The molecule has 2 fully saturated rings. The minimum Gasteiger partial charge on any atom is -0.388 e. The zero-order valence-corrected chi connectivity index (χ0v) is 36.2. The zero-order chi connectivity index (χ0) is 43.8. The molecular weight excluding hydrogens is 779 g/mol. The maximum absolute atomic E-state index is 13.0. The predicted octanol–water partition coefficient (Wildman–Crippen LogP) is 6.62. The molecule has 60 heavy (non-hydrogen) atoms. The van der Waals surface area contributed by atoms with Crippen LogP contribution in [0.25, 0.3) is 48.0 Å². The summed E-state index contributed by atoms with van der Waals surface area (Å²) >= 11 is 1.75. The van der Waals surface area contributed by atoms with Crippen LogP contribution in [0.3, 0.4) is 0 Å². The van der Waals surface area contributed by atoms with Gasteiger partial charge in [-0.2, -0.15) is 0 Å². The van der Waals surface area contributed by atoms with Crippen molar-refractivity contribution in [2.75, 3.05) is 54.6 Å². The number of hydrogen-bond acceptors (Lipinski definition) is 9. The largest absolute Gasteiger partial charge is 0.388 e. The maximum Gasteiger partial charge on any atom is 0.242 e. The smallest absolute Gasteiger partial charge is 0.242 e. The Balaban J connectivity index is 0.000000925.